The fraction of sp³-hybridized carbons (Fsp3) is 0.333. The summed E-state index contributed by atoms with van der Waals surface area (Å²) < 4.78 is 23.2. The lowest BCUT2D eigenvalue weighted by Gasteiger charge is -2.00. The Bertz CT molecular complexity index is 250. The molecule has 0 atom stereocenters. The number of rotatable bonds is 3. The Morgan fingerprint density at radius 3 is 3.00 bits per heavy atom. The lowest BCUT2D eigenvalue weighted by Crippen LogP contribution is -2.27. The number of carbonyl (C=O) groups excluding carboxylic acids is 1. The van der Waals surface area contributed by atoms with Crippen molar-refractivity contribution in [2.24, 2.45) is 0 Å². The number of nitrogens with one attached hydrogen (secondary N) is 1. The fourth-order valence-corrected chi connectivity index (χ4v) is 1.12. The molecule has 0 aliphatic rings. The third-order valence-electron chi connectivity index (χ3n) is 1.07. The normalized spacial score (nSPS) is 10.2. The van der Waals surface area contributed by atoms with E-state index in [0.717, 1.165) is 11.3 Å². The van der Waals surface area contributed by atoms with Crippen LogP contribution in [0.15, 0.2) is 11.7 Å². The van der Waals surface area contributed by atoms with Gasteiger partial charge in [-0.05, 0) is 0 Å². The minimum absolute atomic E-state index is 0.343. The summed E-state index contributed by atoms with van der Waals surface area (Å²) >= 11 is 1.11. The summed E-state index contributed by atoms with van der Waals surface area (Å²) in [7, 11) is 0. The second-order valence-corrected chi connectivity index (χ2v) is 2.85. The summed E-state index contributed by atoms with van der Waals surface area (Å²) in [6, 6.07) is 0. The van der Waals surface area contributed by atoms with E-state index in [9.17, 15) is 13.6 Å². The molecule has 12 heavy (non-hydrogen) atoms. The Kier molecular flexibility index (Phi) is 3.09. The first-order chi connectivity index (χ1) is 5.70. The molecular weight excluding hydrogens is 186 g/mol. The lowest BCUT2D eigenvalue weighted by molar-refractivity contribution is 0.0895. The molecule has 1 aromatic rings. The van der Waals surface area contributed by atoms with Crippen LogP contribution in [0.1, 0.15) is 9.67 Å². The van der Waals surface area contributed by atoms with Gasteiger partial charge >= 0.3 is 0 Å². The molecule has 0 fully saturated rings. The molecule has 1 heterocycles. The number of amides is 1. The van der Waals surface area contributed by atoms with Gasteiger partial charge in [-0.3, -0.25) is 9.78 Å². The summed E-state index contributed by atoms with van der Waals surface area (Å²) in [6.07, 6.45) is -1.17. The third kappa shape index (κ3) is 2.54. The Balaban J connectivity index is 2.40. The van der Waals surface area contributed by atoms with Crippen molar-refractivity contribution in [2.75, 3.05) is 6.54 Å². The van der Waals surface area contributed by atoms with Crippen molar-refractivity contribution in [3.63, 3.8) is 0 Å². The van der Waals surface area contributed by atoms with E-state index in [-0.39, 0.29) is 0 Å². The van der Waals surface area contributed by atoms with Gasteiger partial charge in [0.1, 0.15) is 4.88 Å². The van der Waals surface area contributed by atoms with Crippen LogP contribution in [0.2, 0.25) is 0 Å². The van der Waals surface area contributed by atoms with Crippen LogP contribution in [0, 0.1) is 0 Å². The molecule has 1 aromatic heterocycles. The molecule has 1 amide bonds. The molecule has 0 bridgehead atoms. The van der Waals surface area contributed by atoms with E-state index >= 15 is 0 Å². The highest BCUT2D eigenvalue weighted by Gasteiger charge is 2.09. The number of nitrogens with zero attached hydrogens (tertiary/aromatic N) is 1. The summed E-state index contributed by atoms with van der Waals surface area (Å²) in [5, 5.41) is 2.07. The molecule has 1 rings (SSSR count). The molecule has 0 saturated heterocycles. The van der Waals surface area contributed by atoms with E-state index in [0.29, 0.717) is 4.88 Å². The van der Waals surface area contributed by atoms with Crippen LogP contribution in [0.4, 0.5) is 8.78 Å². The number of alkyl halides is 2. The zero-order valence-electron chi connectivity index (χ0n) is 5.96. The van der Waals surface area contributed by atoms with Gasteiger partial charge in [-0.15, -0.1) is 11.3 Å². The molecule has 0 aliphatic carbocycles. The van der Waals surface area contributed by atoms with Crippen molar-refractivity contribution in [3.8, 4) is 0 Å². The first-order valence-electron chi connectivity index (χ1n) is 3.15. The predicted octanol–water partition coefficient (Wildman–Crippen LogP) is 1.14. The Morgan fingerprint density at radius 2 is 2.50 bits per heavy atom. The second kappa shape index (κ2) is 4.10. The molecule has 0 aromatic carbocycles. The monoisotopic (exact) mass is 192 g/mol. The molecule has 6 heteroatoms. The number of aromatic nitrogens is 1. The zero-order chi connectivity index (χ0) is 8.97. The van der Waals surface area contributed by atoms with Gasteiger partial charge in [-0.1, -0.05) is 0 Å². The van der Waals surface area contributed by atoms with E-state index in [1.807, 2.05) is 0 Å². The van der Waals surface area contributed by atoms with E-state index in [1.165, 1.54) is 11.7 Å². The number of carbonyl (C=O) groups is 1. The van der Waals surface area contributed by atoms with Gasteiger partial charge < -0.3 is 5.32 Å². The first-order valence-corrected chi connectivity index (χ1v) is 4.03. The first kappa shape index (κ1) is 9.05. The number of hydrogen-bond acceptors (Lipinski definition) is 3. The van der Waals surface area contributed by atoms with Crippen molar-refractivity contribution in [1.29, 1.82) is 0 Å². The highest BCUT2D eigenvalue weighted by molar-refractivity contribution is 7.11. The quantitative estimate of drug-likeness (QED) is 0.780. The summed E-state index contributed by atoms with van der Waals surface area (Å²) in [5.74, 6) is -0.502. The highest BCUT2D eigenvalue weighted by atomic mass is 32.1. The zero-order valence-corrected chi connectivity index (χ0v) is 6.78. The minimum Gasteiger partial charge on any atom is -0.346 e. The average Bonchev–Trinajstić information content (AvgIpc) is 2.51. The molecule has 0 spiro atoms. The summed E-state index contributed by atoms with van der Waals surface area (Å²) in [6.45, 7) is -0.614. The Labute approximate surface area is 71.4 Å². The minimum atomic E-state index is -2.51. The van der Waals surface area contributed by atoms with Gasteiger partial charge in [0.25, 0.3) is 12.3 Å². The SMILES string of the molecule is O=C(NCC(F)F)c1cncs1. The van der Waals surface area contributed by atoms with Crippen LogP contribution in [0.5, 0.6) is 0 Å². The summed E-state index contributed by atoms with van der Waals surface area (Å²) in [4.78, 5) is 14.9. The van der Waals surface area contributed by atoms with Crippen molar-refractivity contribution < 1.29 is 13.6 Å². The van der Waals surface area contributed by atoms with Crippen LogP contribution in [0.25, 0.3) is 0 Å². The van der Waals surface area contributed by atoms with Gasteiger partial charge in [-0.25, -0.2) is 8.78 Å². The largest absolute Gasteiger partial charge is 0.346 e. The van der Waals surface area contributed by atoms with Gasteiger partial charge in [0.15, 0.2) is 0 Å². The fourth-order valence-electron chi connectivity index (χ4n) is 0.585. The number of halogens is 2. The Hall–Kier alpha value is -1.04. The van der Waals surface area contributed by atoms with Gasteiger partial charge in [-0.2, -0.15) is 0 Å². The third-order valence-corrected chi connectivity index (χ3v) is 1.84. The second-order valence-electron chi connectivity index (χ2n) is 1.97. The maximum atomic E-state index is 11.6. The van der Waals surface area contributed by atoms with E-state index < -0.39 is 18.9 Å². The van der Waals surface area contributed by atoms with E-state index in [4.69, 9.17) is 0 Å². The molecule has 0 aliphatic heterocycles. The molecule has 66 valence electrons. The number of thiazole rings is 1. The standard InChI is InChI=1S/C6H6F2N2OS/c7-5(8)2-10-6(11)4-1-9-3-12-4/h1,3,5H,2H2,(H,10,11). The lowest BCUT2D eigenvalue weighted by atomic mass is 10.5. The molecule has 3 nitrogen and oxygen atoms in total. The summed E-state index contributed by atoms with van der Waals surface area (Å²) in [5.41, 5.74) is 1.47. The van der Waals surface area contributed by atoms with Gasteiger partial charge in [0.05, 0.1) is 18.3 Å². The average molecular weight is 192 g/mol. The van der Waals surface area contributed by atoms with Crippen molar-refractivity contribution in [2.45, 2.75) is 6.43 Å². The van der Waals surface area contributed by atoms with Crippen molar-refractivity contribution >= 4 is 17.2 Å². The van der Waals surface area contributed by atoms with Crippen LogP contribution in [-0.4, -0.2) is 23.9 Å². The van der Waals surface area contributed by atoms with Crippen LogP contribution < -0.4 is 5.32 Å². The van der Waals surface area contributed by atoms with Crippen molar-refractivity contribution in [3.05, 3.63) is 16.6 Å². The van der Waals surface area contributed by atoms with Crippen LogP contribution >= 0.6 is 11.3 Å². The maximum absolute atomic E-state index is 11.6. The van der Waals surface area contributed by atoms with Gasteiger partial charge in [0.2, 0.25) is 0 Å². The highest BCUT2D eigenvalue weighted by Crippen LogP contribution is 2.04. The van der Waals surface area contributed by atoms with E-state index in [2.05, 4.69) is 10.3 Å². The van der Waals surface area contributed by atoms with Crippen LogP contribution in [-0.2, 0) is 0 Å². The topological polar surface area (TPSA) is 42.0 Å². The van der Waals surface area contributed by atoms with Crippen molar-refractivity contribution in [1.82, 2.24) is 10.3 Å². The van der Waals surface area contributed by atoms with E-state index in [1.54, 1.807) is 0 Å². The molecule has 0 radical (unpaired) electrons. The molecule has 0 unspecified atom stereocenters. The number of hydrogen-bond donors (Lipinski definition) is 1. The smallest absolute Gasteiger partial charge is 0.263 e. The maximum Gasteiger partial charge on any atom is 0.263 e. The van der Waals surface area contributed by atoms with Crippen LogP contribution in [0.3, 0.4) is 0 Å². The Morgan fingerprint density at radius 1 is 1.75 bits per heavy atom. The molecule has 0 saturated carbocycles. The molecular formula is C6H6F2N2OS. The van der Waals surface area contributed by atoms with Gasteiger partial charge in [0, 0.05) is 0 Å². The predicted molar refractivity (Wildman–Crippen MR) is 40.5 cm³/mol. The molecule has 1 N–H and O–H groups in total.